The van der Waals surface area contributed by atoms with E-state index in [-0.39, 0.29) is 11.9 Å². The lowest BCUT2D eigenvalue weighted by Crippen LogP contribution is -2.35. The molecule has 0 spiro atoms. The zero-order valence-electron chi connectivity index (χ0n) is 14.3. The summed E-state index contributed by atoms with van der Waals surface area (Å²) in [6, 6.07) is 15.1. The summed E-state index contributed by atoms with van der Waals surface area (Å²) in [5, 5.41) is 0. The number of pyridine rings is 1. The Kier molecular flexibility index (Phi) is 5.14. The molecule has 1 amide bonds. The molecule has 0 saturated carbocycles. The monoisotopic (exact) mass is 335 g/mol. The van der Waals surface area contributed by atoms with Gasteiger partial charge < -0.3 is 14.6 Å². The molecule has 1 unspecified atom stereocenters. The van der Waals surface area contributed by atoms with Gasteiger partial charge in [-0.25, -0.2) is 0 Å². The molecule has 3 aromatic rings. The van der Waals surface area contributed by atoms with Crippen LogP contribution in [0.15, 0.2) is 67.1 Å². The van der Waals surface area contributed by atoms with Crippen LogP contribution in [0, 0.1) is 0 Å². The van der Waals surface area contributed by atoms with E-state index in [1.807, 2.05) is 54.3 Å². The molecule has 0 aliphatic heterocycles. The molecule has 0 saturated heterocycles. The highest BCUT2D eigenvalue weighted by Gasteiger charge is 2.27. The molecule has 3 rings (SSSR count). The number of nitrogens with one attached hydrogen (secondary N) is 1. The number of carbonyl (C=O) groups excluding carboxylic acids is 1. The Morgan fingerprint density at radius 3 is 2.52 bits per heavy atom. The summed E-state index contributed by atoms with van der Waals surface area (Å²) in [6.45, 7) is 2.55. The van der Waals surface area contributed by atoms with Crippen molar-refractivity contribution in [3.8, 4) is 5.75 Å². The SMILES string of the molecule is CCN(C(=O)c1ccc[nH]1)C(c1ccc(OC)cc1)c1cccnc1. The lowest BCUT2D eigenvalue weighted by Gasteiger charge is -2.31. The maximum atomic E-state index is 13.0. The summed E-state index contributed by atoms with van der Waals surface area (Å²) < 4.78 is 5.25. The minimum absolute atomic E-state index is 0.0443. The largest absolute Gasteiger partial charge is 0.497 e. The molecular weight excluding hydrogens is 314 g/mol. The number of hydrogen-bond acceptors (Lipinski definition) is 3. The first-order chi connectivity index (χ1) is 12.2. The quantitative estimate of drug-likeness (QED) is 0.748. The third-order valence-corrected chi connectivity index (χ3v) is 4.17. The van der Waals surface area contributed by atoms with Gasteiger partial charge in [0, 0.05) is 25.1 Å². The number of rotatable bonds is 6. The van der Waals surface area contributed by atoms with Crippen molar-refractivity contribution in [2.45, 2.75) is 13.0 Å². The summed E-state index contributed by atoms with van der Waals surface area (Å²) >= 11 is 0. The van der Waals surface area contributed by atoms with E-state index in [2.05, 4.69) is 9.97 Å². The Balaban J connectivity index is 2.04. The van der Waals surface area contributed by atoms with Gasteiger partial charge in [-0.15, -0.1) is 0 Å². The molecule has 2 heterocycles. The first-order valence-electron chi connectivity index (χ1n) is 8.22. The standard InChI is InChI=1S/C20H21N3O2/c1-3-23(20(24)18-7-5-13-22-18)19(16-6-4-12-21-14-16)15-8-10-17(25-2)11-9-15/h4-14,19,22H,3H2,1-2H3. The molecule has 1 N–H and O–H groups in total. The van der Waals surface area contributed by atoms with Gasteiger partial charge in [0.05, 0.1) is 13.2 Å². The number of H-pyrrole nitrogens is 1. The van der Waals surface area contributed by atoms with Gasteiger partial charge in [0.1, 0.15) is 11.4 Å². The lowest BCUT2D eigenvalue weighted by molar-refractivity contribution is 0.0711. The van der Waals surface area contributed by atoms with Gasteiger partial charge in [0.15, 0.2) is 0 Å². The molecule has 0 bridgehead atoms. The molecule has 25 heavy (non-hydrogen) atoms. The minimum Gasteiger partial charge on any atom is -0.497 e. The summed E-state index contributed by atoms with van der Waals surface area (Å²) in [6.07, 6.45) is 5.30. The van der Waals surface area contributed by atoms with Crippen LogP contribution in [0.5, 0.6) is 5.75 Å². The number of ether oxygens (including phenoxy) is 1. The van der Waals surface area contributed by atoms with Crippen molar-refractivity contribution in [1.29, 1.82) is 0 Å². The van der Waals surface area contributed by atoms with E-state index in [0.29, 0.717) is 12.2 Å². The Bertz CT molecular complexity index is 799. The number of aromatic amines is 1. The smallest absolute Gasteiger partial charge is 0.271 e. The fourth-order valence-electron chi connectivity index (χ4n) is 2.94. The Hall–Kier alpha value is -3.08. The molecule has 2 aromatic heterocycles. The second-order valence-corrected chi connectivity index (χ2v) is 5.64. The Morgan fingerprint density at radius 2 is 1.96 bits per heavy atom. The van der Waals surface area contributed by atoms with E-state index in [4.69, 9.17) is 4.74 Å². The van der Waals surface area contributed by atoms with Crippen LogP contribution in [0.1, 0.15) is 34.6 Å². The van der Waals surface area contributed by atoms with Crippen molar-refractivity contribution >= 4 is 5.91 Å². The van der Waals surface area contributed by atoms with Gasteiger partial charge >= 0.3 is 0 Å². The van der Waals surface area contributed by atoms with Crippen LogP contribution >= 0.6 is 0 Å². The highest BCUT2D eigenvalue weighted by Crippen LogP contribution is 2.30. The highest BCUT2D eigenvalue weighted by atomic mass is 16.5. The van der Waals surface area contributed by atoms with Crippen LogP contribution in [0.25, 0.3) is 0 Å². The van der Waals surface area contributed by atoms with Gasteiger partial charge in [0.25, 0.3) is 5.91 Å². The second kappa shape index (κ2) is 7.66. The van der Waals surface area contributed by atoms with Crippen molar-refractivity contribution in [1.82, 2.24) is 14.9 Å². The van der Waals surface area contributed by atoms with Crippen LogP contribution in [-0.4, -0.2) is 34.4 Å². The van der Waals surface area contributed by atoms with E-state index in [0.717, 1.165) is 16.9 Å². The predicted octanol–water partition coefficient (Wildman–Crippen LogP) is 3.67. The number of benzene rings is 1. The molecule has 0 aliphatic carbocycles. The van der Waals surface area contributed by atoms with E-state index >= 15 is 0 Å². The Labute approximate surface area is 147 Å². The second-order valence-electron chi connectivity index (χ2n) is 5.64. The van der Waals surface area contributed by atoms with E-state index in [1.165, 1.54) is 0 Å². The summed E-state index contributed by atoms with van der Waals surface area (Å²) in [5.74, 6) is 0.740. The molecule has 5 heteroatoms. The topological polar surface area (TPSA) is 58.2 Å². The molecule has 0 fully saturated rings. The number of methoxy groups -OCH3 is 1. The van der Waals surface area contributed by atoms with E-state index in [1.54, 1.807) is 31.8 Å². The summed E-state index contributed by atoms with van der Waals surface area (Å²) in [5.41, 5.74) is 2.55. The zero-order valence-corrected chi connectivity index (χ0v) is 14.3. The van der Waals surface area contributed by atoms with Gasteiger partial charge in [0.2, 0.25) is 0 Å². The fraction of sp³-hybridized carbons (Fsp3) is 0.200. The first kappa shape index (κ1) is 16.8. The molecule has 0 aliphatic rings. The summed E-state index contributed by atoms with van der Waals surface area (Å²) in [7, 11) is 1.64. The molecular formula is C20H21N3O2. The Morgan fingerprint density at radius 1 is 1.16 bits per heavy atom. The number of hydrogen-bond donors (Lipinski definition) is 1. The van der Waals surface area contributed by atoms with Crippen LogP contribution in [0.4, 0.5) is 0 Å². The van der Waals surface area contributed by atoms with Crippen LogP contribution in [-0.2, 0) is 0 Å². The number of amides is 1. The van der Waals surface area contributed by atoms with Crippen LogP contribution in [0.3, 0.4) is 0 Å². The maximum Gasteiger partial charge on any atom is 0.271 e. The summed E-state index contributed by atoms with van der Waals surface area (Å²) in [4.78, 5) is 22.1. The van der Waals surface area contributed by atoms with E-state index in [9.17, 15) is 4.79 Å². The predicted molar refractivity (Wildman–Crippen MR) is 96.6 cm³/mol. The first-order valence-corrected chi connectivity index (χ1v) is 8.22. The zero-order chi connectivity index (χ0) is 17.6. The van der Waals surface area contributed by atoms with Crippen molar-refractivity contribution in [3.05, 3.63) is 83.9 Å². The van der Waals surface area contributed by atoms with Crippen LogP contribution in [0.2, 0.25) is 0 Å². The maximum absolute atomic E-state index is 13.0. The van der Waals surface area contributed by atoms with Crippen molar-refractivity contribution in [2.24, 2.45) is 0 Å². The van der Waals surface area contributed by atoms with Crippen molar-refractivity contribution in [2.75, 3.05) is 13.7 Å². The third-order valence-electron chi connectivity index (χ3n) is 4.17. The molecule has 1 aromatic carbocycles. The van der Waals surface area contributed by atoms with Gasteiger partial charge in [-0.05, 0) is 48.4 Å². The van der Waals surface area contributed by atoms with Gasteiger partial charge in [-0.2, -0.15) is 0 Å². The normalized spacial score (nSPS) is 11.8. The fourth-order valence-corrected chi connectivity index (χ4v) is 2.94. The molecule has 5 nitrogen and oxygen atoms in total. The highest BCUT2D eigenvalue weighted by molar-refractivity contribution is 5.93. The number of carbonyl (C=O) groups is 1. The molecule has 128 valence electrons. The average molecular weight is 335 g/mol. The minimum atomic E-state index is -0.222. The number of nitrogens with zero attached hydrogens (tertiary/aromatic N) is 2. The van der Waals surface area contributed by atoms with Crippen molar-refractivity contribution < 1.29 is 9.53 Å². The van der Waals surface area contributed by atoms with E-state index < -0.39 is 0 Å². The van der Waals surface area contributed by atoms with Crippen molar-refractivity contribution in [3.63, 3.8) is 0 Å². The van der Waals surface area contributed by atoms with Gasteiger partial charge in [-0.1, -0.05) is 18.2 Å². The van der Waals surface area contributed by atoms with Crippen LogP contribution < -0.4 is 4.74 Å². The lowest BCUT2D eigenvalue weighted by atomic mass is 9.98. The average Bonchev–Trinajstić information content (AvgIpc) is 3.21. The molecule has 0 radical (unpaired) electrons. The third kappa shape index (κ3) is 3.55. The molecule has 1 atom stereocenters. The van der Waals surface area contributed by atoms with Gasteiger partial charge in [-0.3, -0.25) is 9.78 Å². The number of aromatic nitrogens is 2.